The molecule has 0 aliphatic heterocycles. The number of phenols is 1. The minimum absolute atomic E-state index is 0.0483. The van der Waals surface area contributed by atoms with Crippen molar-refractivity contribution in [1.29, 1.82) is 0 Å². The number of rotatable bonds is 3. The predicted molar refractivity (Wildman–Crippen MR) is 53.6 cm³/mol. The largest absolute Gasteiger partial charge is 0.508 e. The summed E-state index contributed by atoms with van der Waals surface area (Å²) in [6, 6.07) is 6.07. The number of aromatic hydroxyl groups is 1. The lowest BCUT2D eigenvalue weighted by Crippen LogP contribution is -2.23. The first-order valence-electron chi connectivity index (χ1n) is 4.58. The van der Waals surface area contributed by atoms with Crippen LogP contribution in [-0.4, -0.2) is 21.2 Å². The smallest absolute Gasteiger partial charge is 0.251 e. The Hall–Kier alpha value is -2.37. The average molecular weight is 219 g/mol. The molecule has 82 valence electrons. The SMILES string of the molecule is O=C(NCc1ncon1)c1cccc(O)c1. The topological polar surface area (TPSA) is 88.3 Å². The second-order valence-corrected chi connectivity index (χ2v) is 3.08. The van der Waals surface area contributed by atoms with Crippen molar-refractivity contribution in [2.24, 2.45) is 0 Å². The molecule has 0 aliphatic rings. The van der Waals surface area contributed by atoms with Gasteiger partial charge < -0.3 is 14.9 Å². The van der Waals surface area contributed by atoms with Gasteiger partial charge in [0.05, 0.1) is 6.54 Å². The first-order chi connectivity index (χ1) is 7.75. The third-order valence-electron chi connectivity index (χ3n) is 1.92. The molecule has 0 bridgehead atoms. The normalized spacial score (nSPS) is 10.0. The number of benzene rings is 1. The van der Waals surface area contributed by atoms with Crippen molar-refractivity contribution in [1.82, 2.24) is 15.5 Å². The van der Waals surface area contributed by atoms with Crippen LogP contribution in [0.25, 0.3) is 0 Å². The number of hydrogen-bond acceptors (Lipinski definition) is 5. The predicted octanol–water partition coefficient (Wildman–Crippen LogP) is 0.705. The third-order valence-corrected chi connectivity index (χ3v) is 1.92. The summed E-state index contributed by atoms with van der Waals surface area (Å²) in [4.78, 5) is 15.3. The molecular formula is C10H9N3O3. The molecule has 2 rings (SSSR count). The lowest BCUT2D eigenvalue weighted by molar-refractivity contribution is 0.0949. The second-order valence-electron chi connectivity index (χ2n) is 3.08. The number of aromatic nitrogens is 2. The number of hydrogen-bond donors (Lipinski definition) is 2. The summed E-state index contributed by atoms with van der Waals surface area (Å²) in [6.45, 7) is 0.186. The fourth-order valence-electron chi connectivity index (χ4n) is 1.18. The van der Waals surface area contributed by atoms with Crippen LogP contribution in [0.5, 0.6) is 5.75 Å². The molecule has 1 aromatic heterocycles. The fraction of sp³-hybridized carbons (Fsp3) is 0.100. The van der Waals surface area contributed by atoms with Crippen molar-refractivity contribution < 1.29 is 14.4 Å². The Kier molecular flexibility index (Phi) is 2.81. The highest BCUT2D eigenvalue weighted by Crippen LogP contribution is 2.10. The Morgan fingerprint density at radius 3 is 3.06 bits per heavy atom. The van der Waals surface area contributed by atoms with Gasteiger partial charge >= 0.3 is 0 Å². The highest BCUT2D eigenvalue weighted by molar-refractivity contribution is 5.94. The summed E-state index contributed by atoms with van der Waals surface area (Å²) in [5.41, 5.74) is 0.378. The maximum absolute atomic E-state index is 11.6. The average Bonchev–Trinajstić information content (AvgIpc) is 2.78. The monoisotopic (exact) mass is 219 g/mol. The fourth-order valence-corrected chi connectivity index (χ4v) is 1.18. The molecule has 1 amide bonds. The summed E-state index contributed by atoms with van der Waals surface area (Å²) in [5, 5.41) is 15.3. The number of carbonyl (C=O) groups excluding carboxylic acids is 1. The quantitative estimate of drug-likeness (QED) is 0.793. The summed E-state index contributed by atoms with van der Waals surface area (Å²) in [7, 11) is 0. The molecular weight excluding hydrogens is 210 g/mol. The van der Waals surface area contributed by atoms with Crippen molar-refractivity contribution in [3.8, 4) is 5.75 Å². The van der Waals surface area contributed by atoms with Gasteiger partial charge in [0.15, 0.2) is 5.82 Å². The summed E-state index contributed by atoms with van der Waals surface area (Å²) in [6.07, 6.45) is 1.19. The van der Waals surface area contributed by atoms with E-state index in [1.807, 2.05) is 0 Å². The minimum atomic E-state index is -0.305. The molecule has 6 nitrogen and oxygen atoms in total. The van der Waals surface area contributed by atoms with Crippen LogP contribution in [0, 0.1) is 0 Å². The van der Waals surface area contributed by atoms with Gasteiger partial charge in [0.2, 0.25) is 6.39 Å². The maximum Gasteiger partial charge on any atom is 0.251 e. The van der Waals surface area contributed by atoms with Crippen molar-refractivity contribution >= 4 is 5.91 Å². The van der Waals surface area contributed by atoms with Gasteiger partial charge in [-0.3, -0.25) is 4.79 Å². The van der Waals surface area contributed by atoms with Gasteiger partial charge in [-0.1, -0.05) is 11.2 Å². The summed E-state index contributed by atoms with van der Waals surface area (Å²) < 4.78 is 4.52. The highest BCUT2D eigenvalue weighted by atomic mass is 16.5. The second kappa shape index (κ2) is 4.43. The van der Waals surface area contributed by atoms with E-state index in [0.29, 0.717) is 11.4 Å². The summed E-state index contributed by atoms with van der Waals surface area (Å²) in [5.74, 6) is 0.140. The molecule has 2 N–H and O–H groups in total. The van der Waals surface area contributed by atoms with Crippen molar-refractivity contribution in [3.05, 3.63) is 42.0 Å². The summed E-state index contributed by atoms with van der Waals surface area (Å²) >= 11 is 0. The van der Waals surface area contributed by atoms with Crippen LogP contribution in [0.15, 0.2) is 35.2 Å². The van der Waals surface area contributed by atoms with Crippen LogP contribution < -0.4 is 5.32 Å². The number of carbonyl (C=O) groups is 1. The molecule has 1 aromatic carbocycles. The van der Waals surface area contributed by atoms with E-state index in [9.17, 15) is 9.90 Å². The van der Waals surface area contributed by atoms with Gasteiger partial charge in [-0.2, -0.15) is 4.98 Å². The lowest BCUT2D eigenvalue weighted by atomic mass is 10.2. The highest BCUT2D eigenvalue weighted by Gasteiger charge is 2.07. The van der Waals surface area contributed by atoms with Gasteiger partial charge in [-0.15, -0.1) is 0 Å². The first-order valence-corrected chi connectivity index (χ1v) is 4.58. The maximum atomic E-state index is 11.6. The standard InChI is InChI=1S/C10H9N3O3/c14-8-3-1-2-7(4-8)10(15)11-5-9-12-6-16-13-9/h1-4,6,14H,5H2,(H,11,15). The zero-order valence-electron chi connectivity index (χ0n) is 8.25. The molecule has 0 saturated heterocycles. The molecule has 0 unspecified atom stereocenters. The Labute approximate surface area is 90.9 Å². The van der Waals surface area contributed by atoms with Gasteiger partial charge in [0.1, 0.15) is 5.75 Å². The third kappa shape index (κ3) is 2.35. The van der Waals surface area contributed by atoms with Crippen molar-refractivity contribution in [2.75, 3.05) is 0 Å². The zero-order chi connectivity index (χ0) is 11.4. The van der Waals surface area contributed by atoms with Crippen molar-refractivity contribution in [2.45, 2.75) is 6.54 Å². The molecule has 0 fully saturated rings. The Balaban J connectivity index is 1.98. The molecule has 0 spiro atoms. The first kappa shape index (κ1) is 10.2. The molecule has 0 aliphatic carbocycles. The van der Waals surface area contributed by atoms with Crippen LogP contribution in [0.2, 0.25) is 0 Å². The van der Waals surface area contributed by atoms with E-state index in [0.717, 1.165) is 0 Å². The molecule has 6 heteroatoms. The van der Waals surface area contributed by atoms with Crippen LogP contribution in [0.1, 0.15) is 16.2 Å². The number of amides is 1. The van der Waals surface area contributed by atoms with Gasteiger partial charge in [0.25, 0.3) is 5.91 Å². The number of phenolic OH excluding ortho intramolecular Hbond substituents is 1. The van der Waals surface area contributed by atoms with E-state index in [-0.39, 0.29) is 18.2 Å². The molecule has 2 aromatic rings. The molecule has 0 atom stereocenters. The lowest BCUT2D eigenvalue weighted by Gasteiger charge is -2.02. The van der Waals surface area contributed by atoms with Crippen LogP contribution in [0.4, 0.5) is 0 Å². The van der Waals surface area contributed by atoms with E-state index in [2.05, 4.69) is 20.0 Å². The van der Waals surface area contributed by atoms with E-state index >= 15 is 0 Å². The van der Waals surface area contributed by atoms with E-state index < -0.39 is 0 Å². The number of nitrogens with one attached hydrogen (secondary N) is 1. The van der Waals surface area contributed by atoms with Crippen LogP contribution in [0.3, 0.4) is 0 Å². The zero-order valence-corrected chi connectivity index (χ0v) is 8.25. The Morgan fingerprint density at radius 2 is 2.38 bits per heavy atom. The molecule has 0 saturated carbocycles. The van der Waals surface area contributed by atoms with Gasteiger partial charge in [-0.05, 0) is 18.2 Å². The van der Waals surface area contributed by atoms with E-state index in [1.165, 1.54) is 18.5 Å². The van der Waals surface area contributed by atoms with Crippen molar-refractivity contribution in [3.63, 3.8) is 0 Å². The van der Waals surface area contributed by atoms with E-state index in [1.54, 1.807) is 12.1 Å². The molecule has 1 heterocycles. The van der Waals surface area contributed by atoms with E-state index in [4.69, 9.17) is 0 Å². The van der Waals surface area contributed by atoms with Crippen LogP contribution >= 0.6 is 0 Å². The Bertz CT molecular complexity index is 482. The van der Waals surface area contributed by atoms with Gasteiger partial charge in [-0.25, -0.2) is 0 Å². The minimum Gasteiger partial charge on any atom is -0.508 e. The van der Waals surface area contributed by atoms with Gasteiger partial charge in [0, 0.05) is 5.56 Å². The Morgan fingerprint density at radius 1 is 1.50 bits per heavy atom. The molecule has 0 radical (unpaired) electrons. The number of nitrogens with zero attached hydrogens (tertiary/aromatic N) is 2. The van der Waals surface area contributed by atoms with Crippen LogP contribution in [-0.2, 0) is 6.54 Å². The molecule has 16 heavy (non-hydrogen) atoms.